The monoisotopic (exact) mass is 447 g/mol. The Kier molecular flexibility index (Phi) is 4.62. The minimum Gasteiger partial charge on any atom is -0.390 e. The summed E-state index contributed by atoms with van der Waals surface area (Å²) in [5.41, 5.74) is 11.2. The lowest BCUT2D eigenvalue weighted by atomic mass is 9.63. The Morgan fingerprint density at radius 1 is 0.794 bits per heavy atom. The molecule has 5 aromatic rings. The van der Waals surface area contributed by atoms with Crippen LogP contribution in [0.4, 0.5) is 0 Å². The number of hydrogen-bond acceptors (Lipinski definition) is 5. The molecular weight excluding hydrogens is 422 g/mol. The van der Waals surface area contributed by atoms with Gasteiger partial charge in [-0.3, -0.25) is 0 Å². The van der Waals surface area contributed by atoms with Gasteiger partial charge in [-0.2, -0.15) is 4.98 Å². The number of aliphatic hydroxyl groups is 1. The molecule has 0 aliphatic heterocycles. The predicted octanol–water partition coefficient (Wildman–Crippen LogP) is 4.82. The van der Waals surface area contributed by atoms with Gasteiger partial charge in [0, 0.05) is 28.4 Å². The second-order valence-electron chi connectivity index (χ2n) is 9.50. The zero-order valence-corrected chi connectivity index (χ0v) is 18.9. The standard InChI is InChI=1S/C28H25N5O/c1-27(34)17-28(29,18-27)22-14-12-20(13-15-22)24-23(19-8-4-2-5-9-19)16-33-26(30-24)31-25(32-33)21-10-6-3-7-11-21/h2-16,34H,17-18,29H2,1H3. The van der Waals surface area contributed by atoms with Gasteiger partial charge < -0.3 is 10.8 Å². The highest BCUT2D eigenvalue weighted by Crippen LogP contribution is 2.46. The molecule has 1 aliphatic rings. The van der Waals surface area contributed by atoms with Crippen LogP contribution in [0, 0.1) is 0 Å². The van der Waals surface area contributed by atoms with E-state index in [4.69, 9.17) is 15.7 Å². The number of fused-ring (bicyclic) bond motifs is 1. The molecule has 0 radical (unpaired) electrons. The number of rotatable bonds is 4. The summed E-state index contributed by atoms with van der Waals surface area (Å²) in [6.45, 7) is 1.83. The van der Waals surface area contributed by atoms with Crippen molar-refractivity contribution in [3.8, 4) is 33.8 Å². The molecule has 3 aromatic carbocycles. The van der Waals surface area contributed by atoms with Gasteiger partial charge in [0.25, 0.3) is 5.78 Å². The lowest BCUT2D eigenvalue weighted by molar-refractivity contribution is -0.0738. The van der Waals surface area contributed by atoms with Crippen LogP contribution in [0.5, 0.6) is 0 Å². The van der Waals surface area contributed by atoms with Crippen molar-refractivity contribution in [2.45, 2.75) is 30.9 Å². The SMILES string of the molecule is CC1(O)CC(N)(c2ccc(-c3nc4nc(-c5ccccc5)nn4cc3-c3ccccc3)cc2)C1. The molecular formula is C28H25N5O. The van der Waals surface area contributed by atoms with Crippen LogP contribution in [-0.2, 0) is 5.54 Å². The van der Waals surface area contributed by atoms with Crippen molar-refractivity contribution in [3.05, 3.63) is 96.7 Å². The molecule has 1 aliphatic carbocycles. The maximum atomic E-state index is 10.2. The smallest absolute Gasteiger partial charge is 0.253 e. The van der Waals surface area contributed by atoms with Gasteiger partial charge in [0.05, 0.1) is 11.3 Å². The Morgan fingerprint density at radius 3 is 2.03 bits per heavy atom. The van der Waals surface area contributed by atoms with Crippen LogP contribution < -0.4 is 5.73 Å². The van der Waals surface area contributed by atoms with Gasteiger partial charge >= 0.3 is 0 Å². The molecule has 3 N–H and O–H groups in total. The zero-order chi connectivity index (χ0) is 23.3. The molecule has 0 bridgehead atoms. The third-order valence-corrected chi connectivity index (χ3v) is 6.57. The average Bonchev–Trinajstić information content (AvgIpc) is 3.26. The van der Waals surface area contributed by atoms with Crippen LogP contribution >= 0.6 is 0 Å². The lowest BCUT2D eigenvalue weighted by Crippen LogP contribution is -2.58. The highest BCUT2D eigenvalue weighted by Gasteiger charge is 2.49. The van der Waals surface area contributed by atoms with E-state index in [1.54, 1.807) is 4.52 Å². The molecule has 0 spiro atoms. The van der Waals surface area contributed by atoms with Gasteiger partial charge in [-0.05, 0) is 30.9 Å². The van der Waals surface area contributed by atoms with Gasteiger partial charge in [-0.25, -0.2) is 9.50 Å². The molecule has 0 atom stereocenters. The maximum Gasteiger partial charge on any atom is 0.253 e. The molecule has 0 unspecified atom stereocenters. The molecule has 168 valence electrons. The van der Waals surface area contributed by atoms with Crippen LogP contribution in [0.25, 0.3) is 39.5 Å². The number of nitrogens with two attached hydrogens (primary N) is 1. The summed E-state index contributed by atoms with van der Waals surface area (Å²) in [7, 11) is 0. The minimum absolute atomic E-state index is 0.487. The van der Waals surface area contributed by atoms with Crippen molar-refractivity contribution in [1.82, 2.24) is 19.6 Å². The summed E-state index contributed by atoms with van der Waals surface area (Å²) in [4.78, 5) is 9.63. The average molecular weight is 448 g/mol. The first-order chi connectivity index (χ1) is 16.4. The molecule has 2 aromatic heterocycles. The fraction of sp³-hybridized carbons (Fsp3) is 0.179. The van der Waals surface area contributed by atoms with Crippen molar-refractivity contribution >= 4 is 5.78 Å². The van der Waals surface area contributed by atoms with E-state index in [-0.39, 0.29) is 0 Å². The molecule has 0 amide bonds. The van der Waals surface area contributed by atoms with E-state index in [2.05, 4.69) is 29.4 Å². The fourth-order valence-corrected chi connectivity index (χ4v) is 5.05. The Hall–Kier alpha value is -3.87. The fourth-order valence-electron chi connectivity index (χ4n) is 5.05. The van der Waals surface area contributed by atoms with Crippen molar-refractivity contribution in [2.75, 3.05) is 0 Å². The van der Waals surface area contributed by atoms with E-state index in [0.717, 1.165) is 33.5 Å². The van der Waals surface area contributed by atoms with E-state index >= 15 is 0 Å². The first kappa shape index (κ1) is 20.7. The van der Waals surface area contributed by atoms with Crippen molar-refractivity contribution in [2.24, 2.45) is 5.73 Å². The zero-order valence-electron chi connectivity index (χ0n) is 18.9. The van der Waals surface area contributed by atoms with E-state index in [1.165, 1.54) is 0 Å². The Balaban J connectivity index is 1.46. The first-order valence-electron chi connectivity index (χ1n) is 11.4. The van der Waals surface area contributed by atoms with Crippen LogP contribution in [0.15, 0.2) is 91.1 Å². The molecule has 2 heterocycles. The Morgan fingerprint density at radius 2 is 1.41 bits per heavy atom. The summed E-state index contributed by atoms with van der Waals surface area (Å²) in [5, 5.41) is 14.9. The molecule has 1 fully saturated rings. The van der Waals surface area contributed by atoms with Gasteiger partial charge in [0.15, 0.2) is 5.82 Å². The summed E-state index contributed by atoms with van der Waals surface area (Å²) in [5.74, 6) is 1.18. The van der Waals surface area contributed by atoms with Crippen LogP contribution in [0.2, 0.25) is 0 Å². The van der Waals surface area contributed by atoms with Gasteiger partial charge in [-0.15, -0.1) is 5.10 Å². The minimum atomic E-state index is -0.690. The van der Waals surface area contributed by atoms with Gasteiger partial charge in [-0.1, -0.05) is 84.9 Å². The summed E-state index contributed by atoms with van der Waals surface area (Å²) < 4.78 is 1.74. The van der Waals surface area contributed by atoms with Crippen LogP contribution in [0.3, 0.4) is 0 Å². The van der Waals surface area contributed by atoms with Crippen LogP contribution in [-0.4, -0.2) is 30.3 Å². The third kappa shape index (κ3) is 3.57. The van der Waals surface area contributed by atoms with Crippen LogP contribution in [0.1, 0.15) is 25.3 Å². The summed E-state index contributed by atoms with van der Waals surface area (Å²) >= 11 is 0. The highest BCUT2D eigenvalue weighted by molar-refractivity contribution is 5.81. The van der Waals surface area contributed by atoms with E-state index < -0.39 is 11.1 Å². The van der Waals surface area contributed by atoms with Gasteiger partial charge in [0.2, 0.25) is 0 Å². The number of benzene rings is 3. The van der Waals surface area contributed by atoms with Crippen molar-refractivity contribution < 1.29 is 5.11 Å². The molecule has 6 heteroatoms. The molecule has 0 saturated heterocycles. The number of nitrogens with zero attached hydrogens (tertiary/aromatic N) is 4. The van der Waals surface area contributed by atoms with E-state index in [9.17, 15) is 5.11 Å². The Bertz CT molecular complexity index is 1470. The quantitative estimate of drug-likeness (QED) is 0.412. The summed E-state index contributed by atoms with van der Waals surface area (Å²) in [6.07, 6.45) is 3.11. The molecule has 1 saturated carbocycles. The van der Waals surface area contributed by atoms with Crippen molar-refractivity contribution in [1.29, 1.82) is 0 Å². The highest BCUT2D eigenvalue weighted by atomic mass is 16.3. The van der Waals surface area contributed by atoms with E-state index in [1.807, 2.05) is 73.8 Å². The molecule has 6 nitrogen and oxygen atoms in total. The normalized spacial score (nSPS) is 22.0. The van der Waals surface area contributed by atoms with Crippen molar-refractivity contribution in [3.63, 3.8) is 0 Å². The molecule has 6 rings (SSSR count). The predicted molar refractivity (Wildman–Crippen MR) is 133 cm³/mol. The first-order valence-corrected chi connectivity index (χ1v) is 11.4. The Labute approximate surface area is 197 Å². The number of aromatic nitrogens is 4. The molecule has 34 heavy (non-hydrogen) atoms. The number of hydrogen-bond donors (Lipinski definition) is 2. The largest absolute Gasteiger partial charge is 0.390 e. The maximum absolute atomic E-state index is 10.2. The van der Waals surface area contributed by atoms with E-state index in [0.29, 0.717) is 24.4 Å². The topological polar surface area (TPSA) is 89.3 Å². The summed E-state index contributed by atoms with van der Waals surface area (Å²) in [6, 6.07) is 28.3. The lowest BCUT2D eigenvalue weighted by Gasteiger charge is -2.49. The second-order valence-corrected chi connectivity index (χ2v) is 9.50. The third-order valence-electron chi connectivity index (χ3n) is 6.57. The van der Waals surface area contributed by atoms with Gasteiger partial charge in [0.1, 0.15) is 0 Å². The second kappa shape index (κ2) is 7.58.